The molecule has 146 valence electrons. The van der Waals surface area contributed by atoms with Gasteiger partial charge < -0.3 is 10.4 Å². The van der Waals surface area contributed by atoms with Crippen molar-refractivity contribution >= 4 is 11.9 Å². The topological polar surface area (TPSA) is 66.4 Å². The molecule has 0 saturated heterocycles. The summed E-state index contributed by atoms with van der Waals surface area (Å²) in [5.74, 6) is -0.764. The second-order valence-electron chi connectivity index (χ2n) is 7.02. The number of carbonyl (C=O) groups is 2. The molecule has 2 N–H and O–H groups in total. The van der Waals surface area contributed by atoms with E-state index in [1.807, 2.05) is 0 Å². The maximum Gasteiger partial charge on any atom is 0.303 e. The van der Waals surface area contributed by atoms with E-state index in [1.54, 1.807) is 0 Å². The van der Waals surface area contributed by atoms with E-state index in [9.17, 15) is 9.59 Å². The van der Waals surface area contributed by atoms with Gasteiger partial charge >= 0.3 is 5.97 Å². The van der Waals surface area contributed by atoms with Crippen LogP contribution < -0.4 is 5.32 Å². The number of amides is 1. The van der Waals surface area contributed by atoms with E-state index in [0.29, 0.717) is 0 Å². The fourth-order valence-electron chi connectivity index (χ4n) is 3.09. The lowest BCUT2D eigenvalue weighted by molar-refractivity contribution is -0.137. The second-order valence-corrected chi connectivity index (χ2v) is 7.02. The summed E-state index contributed by atoms with van der Waals surface area (Å²) in [4.78, 5) is 22.0. The van der Waals surface area contributed by atoms with Crippen LogP contribution in [0, 0.1) is 0 Å². The average molecular weight is 354 g/mol. The van der Waals surface area contributed by atoms with Crippen LogP contribution in [-0.4, -0.2) is 23.0 Å². The van der Waals surface area contributed by atoms with Crippen molar-refractivity contribution in [3.8, 4) is 0 Å². The van der Waals surface area contributed by atoms with E-state index in [1.165, 1.54) is 44.6 Å². The maximum atomic E-state index is 11.6. The third-order valence-electron chi connectivity index (χ3n) is 4.63. The van der Waals surface area contributed by atoms with Gasteiger partial charge in [0.2, 0.25) is 5.91 Å². The molecule has 0 aliphatic carbocycles. The zero-order valence-corrected chi connectivity index (χ0v) is 16.2. The first-order valence-corrected chi connectivity index (χ1v) is 10.2. The molecule has 25 heavy (non-hydrogen) atoms. The van der Waals surface area contributed by atoms with Gasteiger partial charge in [-0.1, -0.05) is 84.1 Å². The summed E-state index contributed by atoms with van der Waals surface area (Å²) < 4.78 is 0. The lowest BCUT2D eigenvalue weighted by Crippen LogP contribution is -2.33. The summed E-state index contributed by atoms with van der Waals surface area (Å²) >= 11 is 0. The molecule has 0 saturated carbocycles. The minimum Gasteiger partial charge on any atom is -0.481 e. The first-order valence-electron chi connectivity index (χ1n) is 10.2. The maximum absolute atomic E-state index is 11.6. The second kappa shape index (κ2) is 17.5. The van der Waals surface area contributed by atoms with Gasteiger partial charge in [-0.2, -0.15) is 0 Å². The minimum absolute atomic E-state index is 0.0651. The predicted molar refractivity (Wildman–Crippen MR) is 105 cm³/mol. The molecule has 0 radical (unpaired) electrons. The summed E-state index contributed by atoms with van der Waals surface area (Å²) in [6.07, 6.45) is 17.7. The quantitative estimate of drug-likeness (QED) is 0.248. The van der Waals surface area contributed by atoms with Crippen LogP contribution >= 0.6 is 0 Å². The average Bonchev–Trinajstić information content (AvgIpc) is 2.59. The first-order chi connectivity index (χ1) is 12.1. The number of aliphatic carboxylic acids is 1. The zero-order chi connectivity index (χ0) is 18.8. The number of carboxylic acid groups (broad SMARTS) is 1. The normalized spacial score (nSPS) is 11.9. The van der Waals surface area contributed by atoms with E-state index >= 15 is 0 Å². The SMILES string of the molecule is C=CC(=O)NC(CCCCCCCC)CCCCCCCCC(=O)O. The van der Waals surface area contributed by atoms with Crippen molar-refractivity contribution in [2.75, 3.05) is 0 Å². The van der Waals surface area contributed by atoms with Crippen LogP contribution in [0.25, 0.3) is 0 Å². The Hall–Kier alpha value is -1.32. The molecule has 0 spiro atoms. The predicted octanol–water partition coefficient (Wildman–Crippen LogP) is 5.61. The van der Waals surface area contributed by atoms with Crippen molar-refractivity contribution in [1.29, 1.82) is 0 Å². The van der Waals surface area contributed by atoms with Crippen molar-refractivity contribution in [2.45, 2.75) is 109 Å². The van der Waals surface area contributed by atoms with Gasteiger partial charge in [-0.25, -0.2) is 0 Å². The molecule has 4 heteroatoms. The highest BCUT2D eigenvalue weighted by Crippen LogP contribution is 2.14. The molecule has 4 nitrogen and oxygen atoms in total. The van der Waals surface area contributed by atoms with Crippen LogP contribution in [-0.2, 0) is 9.59 Å². The van der Waals surface area contributed by atoms with Gasteiger partial charge in [0.1, 0.15) is 0 Å². The molecule has 1 unspecified atom stereocenters. The van der Waals surface area contributed by atoms with Crippen LogP contribution in [0.4, 0.5) is 0 Å². The van der Waals surface area contributed by atoms with Crippen LogP contribution in [0.3, 0.4) is 0 Å². The number of nitrogens with one attached hydrogen (secondary N) is 1. The Labute approximate surface area is 154 Å². The van der Waals surface area contributed by atoms with Gasteiger partial charge in [-0.05, 0) is 25.3 Å². The van der Waals surface area contributed by atoms with E-state index in [2.05, 4.69) is 18.8 Å². The van der Waals surface area contributed by atoms with Crippen LogP contribution in [0.15, 0.2) is 12.7 Å². The minimum atomic E-state index is -0.699. The van der Waals surface area contributed by atoms with Gasteiger partial charge in [0.15, 0.2) is 0 Å². The molecular formula is C21H39NO3. The standard InChI is InChI=1S/C21H39NO3/c1-3-5-6-7-10-13-16-19(22-20(23)4-2)17-14-11-8-9-12-15-18-21(24)25/h4,19H,2-3,5-18H2,1H3,(H,22,23)(H,24,25). The lowest BCUT2D eigenvalue weighted by Gasteiger charge is -2.18. The highest BCUT2D eigenvalue weighted by molar-refractivity contribution is 5.87. The van der Waals surface area contributed by atoms with Crippen LogP contribution in [0.5, 0.6) is 0 Å². The van der Waals surface area contributed by atoms with Crippen molar-refractivity contribution in [3.63, 3.8) is 0 Å². The van der Waals surface area contributed by atoms with Gasteiger partial charge in [0.05, 0.1) is 0 Å². The Bertz CT molecular complexity index is 355. The molecule has 0 heterocycles. The third kappa shape index (κ3) is 17.3. The van der Waals surface area contributed by atoms with Crippen molar-refractivity contribution in [2.24, 2.45) is 0 Å². The van der Waals surface area contributed by atoms with Gasteiger partial charge in [-0.3, -0.25) is 9.59 Å². The smallest absolute Gasteiger partial charge is 0.303 e. The molecule has 0 bridgehead atoms. The van der Waals surface area contributed by atoms with Gasteiger partial charge in [0, 0.05) is 12.5 Å². The fraction of sp³-hybridized carbons (Fsp3) is 0.810. The van der Waals surface area contributed by atoms with Crippen molar-refractivity contribution in [3.05, 3.63) is 12.7 Å². The first kappa shape index (κ1) is 23.7. The van der Waals surface area contributed by atoms with Crippen molar-refractivity contribution < 1.29 is 14.7 Å². The number of carboxylic acids is 1. The van der Waals surface area contributed by atoms with E-state index < -0.39 is 5.97 Å². The Balaban J connectivity index is 3.77. The number of hydrogen-bond donors (Lipinski definition) is 2. The molecule has 1 amide bonds. The fourth-order valence-corrected chi connectivity index (χ4v) is 3.09. The zero-order valence-electron chi connectivity index (χ0n) is 16.2. The van der Waals surface area contributed by atoms with Crippen LogP contribution in [0.2, 0.25) is 0 Å². The molecule has 0 aromatic carbocycles. The highest BCUT2D eigenvalue weighted by atomic mass is 16.4. The monoisotopic (exact) mass is 353 g/mol. The molecule has 0 fully saturated rings. The van der Waals surface area contributed by atoms with Gasteiger partial charge in [0.25, 0.3) is 0 Å². The number of carbonyl (C=O) groups excluding carboxylic acids is 1. The summed E-state index contributed by atoms with van der Waals surface area (Å²) in [6.45, 7) is 5.77. The Kier molecular flexibility index (Phi) is 16.6. The summed E-state index contributed by atoms with van der Waals surface area (Å²) in [5.41, 5.74) is 0. The number of hydrogen-bond acceptors (Lipinski definition) is 2. The van der Waals surface area contributed by atoms with Crippen LogP contribution in [0.1, 0.15) is 103 Å². The summed E-state index contributed by atoms with van der Waals surface area (Å²) in [6, 6.07) is 0.267. The van der Waals surface area contributed by atoms with E-state index in [0.717, 1.165) is 51.4 Å². The highest BCUT2D eigenvalue weighted by Gasteiger charge is 2.10. The van der Waals surface area contributed by atoms with E-state index in [-0.39, 0.29) is 18.4 Å². The molecule has 0 aliphatic heterocycles. The molecule has 0 aromatic rings. The Morgan fingerprint density at radius 3 is 1.84 bits per heavy atom. The molecule has 0 aromatic heterocycles. The lowest BCUT2D eigenvalue weighted by atomic mass is 10.00. The molecule has 1 atom stereocenters. The molecule has 0 rings (SSSR count). The summed E-state index contributed by atoms with van der Waals surface area (Å²) in [5, 5.41) is 11.7. The largest absolute Gasteiger partial charge is 0.481 e. The van der Waals surface area contributed by atoms with Gasteiger partial charge in [-0.15, -0.1) is 0 Å². The molecular weight excluding hydrogens is 314 g/mol. The Morgan fingerprint density at radius 1 is 0.880 bits per heavy atom. The Morgan fingerprint density at radius 2 is 1.36 bits per heavy atom. The third-order valence-corrected chi connectivity index (χ3v) is 4.63. The van der Waals surface area contributed by atoms with E-state index in [4.69, 9.17) is 5.11 Å². The number of unbranched alkanes of at least 4 members (excludes halogenated alkanes) is 10. The summed E-state index contributed by atoms with van der Waals surface area (Å²) in [7, 11) is 0. The van der Waals surface area contributed by atoms with Crippen molar-refractivity contribution in [1.82, 2.24) is 5.32 Å². The molecule has 0 aliphatic rings. The number of rotatable bonds is 18.